The Hall–Kier alpha value is -2.55. The molecular weight excluding hydrogens is 386 g/mol. The Kier molecular flexibility index (Phi) is 6.03. The summed E-state index contributed by atoms with van der Waals surface area (Å²) in [5, 5.41) is 15.0. The predicted molar refractivity (Wildman–Crippen MR) is 117 cm³/mol. The third-order valence-corrected chi connectivity index (χ3v) is 6.34. The Balaban J connectivity index is 1.32. The van der Waals surface area contributed by atoms with Gasteiger partial charge in [0.25, 0.3) is 5.69 Å². The SMILES string of the molecule is CCN1CCN(Cc2ccc(CNc3nc4ccc([N+](=O)[O-])cc4s3)cc2)CC1. The van der Waals surface area contributed by atoms with Gasteiger partial charge in [-0.1, -0.05) is 42.5 Å². The number of nitrogens with zero attached hydrogens (tertiary/aromatic N) is 4. The number of rotatable bonds is 7. The van der Waals surface area contributed by atoms with Crippen molar-refractivity contribution in [2.75, 3.05) is 38.0 Å². The topological polar surface area (TPSA) is 74.5 Å². The number of thiazole rings is 1. The molecule has 0 spiro atoms. The lowest BCUT2D eigenvalue weighted by molar-refractivity contribution is -0.384. The molecule has 7 nitrogen and oxygen atoms in total. The molecule has 152 valence electrons. The maximum absolute atomic E-state index is 10.9. The van der Waals surface area contributed by atoms with Crippen molar-refractivity contribution < 1.29 is 4.92 Å². The van der Waals surface area contributed by atoms with Crippen LogP contribution in [-0.2, 0) is 13.1 Å². The number of nitrogens with one attached hydrogen (secondary N) is 1. The quantitative estimate of drug-likeness (QED) is 0.469. The molecule has 29 heavy (non-hydrogen) atoms. The molecule has 0 aliphatic carbocycles. The van der Waals surface area contributed by atoms with Gasteiger partial charge in [0, 0.05) is 51.4 Å². The van der Waals surface area contributed by atoms with Crippen molar-refractivity contribution in [3.63, 3.8) is 0 Å². The van der Waals surface area contributed by atoms with Gasteiger partial charge in [-0.25, -0.2) is 4.98 Å². The summed E-state index contributed by atoms with van der Waals surface area (Å²) < 4.78 is 0.820. The second-order valence-corrected chi connectivity index (χ2v) is 8.34. The molecule has 1 fully saturated rings. The van der Waals surface area contributed by atoms with E-state index >= 15 is 0 Å². The fourth-order valence-corrected chi connectivity index (χ4v) is 4.46. The fraction of sp³-hybridized carbons (Fsp3) is 0.381. The number of hydrogen-bond donors (Lipinski definition) is 1. The van der Waals surface area contributed by atoms with Gasteiger partial charge in [0.1, 0.15) is 0 Å². The number of aromatic nitrogens is 1. The van der Waals surface area contributed by atoms with Crippen LogP contribution in [0.4, 0.5) is 10.8 Å². The first-order valence-electron chi connectivity index (χ1n) is 9.92. The molecule has 8 heteroatoms. The smallest absolute Gasteiger partial charge is 0.270 e. The highest BCUT2D eigenvalue weighted by atomic mass is 32.1. The molecule has 0 radical (unpaired) electrons. The van der Waals surface area contributed by atoms with Crippen LogP contribution < -0.4 is 5.32 Å². The highest BCUT2D eigenvalue weighted by molar-refractivity contribution is 7.22. The van der Waals surface area contributed by atoms with Crippen molar-refractivity contribution in [3.05, 3.63) is 63.7 Å². The van der Waals surface area contributed by atoms with Crippen LogP contribution in [-0.4, -0.2) is 52.4 Å². The molecule has 2 aromatic carbocycles. The van der Waals surface area contributed by atoms with Gasteiger partial charge in [-0.2, -0.15) is 0 Å². The number of likely N-dealkylation sites (N-methyl/N-ethyl adjacent to an activating group) is 1. The number of non-ortho nitro benzene ring substituents is 1. The molecule has 0 amide bonds. The Morgan fingerprint density at radius 3 is 2.45 bits per heavy atom. The molecule has 1 aliphatic rings. The van der Waals surface area contributed by atoms with E-state index in [9.17, 15) is 10.1 Å². The molecule has 1 saturated heterocycles. The molecule has 3 aromatic rings. The molecule has 0 saturated carbocycles. The molecular formula is C21H25N5O2S. The van der Waals surface area contributed by atoms with Crippen molar-refractivity contribution in [3.8, 4) is 0 Å². The predicted octanol–water partition coefficient (Wildman–Crippen LogP) is 3.95. The minimum absolute atomic E-state index is 0.0967. The van der Waals surface area contributed by atoms with E-state index in [4.69, 9.17) is 0 Å². The summed E-state index contributed by atoms with van der Waals surface area (Å²) in [5.41, 5.74) is 3.40. The van der Waals surface area contributed by atoms with Gasteiger partial charge in [0.2, 0.25) is 0 Å². The van der Waals surface area contributed by atoms with Gasteiger partial charge < -0.3 is 10.2 Å². The molecule has 1 aromatic heterocycles. The summed E-state index contributed by atoms with van der Waals surface area (Å²) in [4.78, 5) is 20.1. The highest BCUT2D eigenvalue weighted by Crippen LogP contribution is 2.29. The maximum atomic E-state index is 10.9. The van der Waals surface area contributed by atoms with Gasteiger partial charge in [-0.15, -0.1) is 0 Å². The molecule has 1 aliphatic heterocycles. The van der Waals surface area contributed by atoms with E-state index in [1.165, 1.54) is 28.5 Å². The normalized spacial score (nSPS) is 15.6. The molecule has 0 bridgehead atoms. The van der Waals surface area contributed by atoms with Crippen LogP contribution in [0.2, 0.25) is 0 Å². The van der Waals surface area contributed by atoms with Gasteiger partial charge in [0.05, 0.1) is 15.1 Å². The first-order valence-corrected chi connectivity index (χ1v) is 10.7. The molecule has 0 unspecified atom stereocenters. The van der Waals surface area contributed by atoms with Crippen LogP contribution in [0.25, 0.3) is 10.2 Å². The largest absolute Gasteiger partial charge is 0.357 e. The summed E-state index contributed by atoms with van der Waals surface area (Å²) >= 11 is 1.44. The number of nitro benzene ring substituents is 1. The minimum Gasteiger partial charge on any atom is -0.357 e. The first-order chi connectivity index (χ1) is 14.1. The maximum Gasteiger partial charge on any atom is 0.270 e. The zero-order valence-electron chi connectivity index (χ0n) is 16.5. The van der Waals surface area contributed by atoms with E-state index in [2.05, 4.69) is 51.3 Å². The second kappa shape index (κ2) is 8.86. The van der Waals surface area contributed by atoms with Crippen LogP contribution in [0, 0.1) is 10.1 Å². The van der Waals surface area contributed by atoms with Gasteiger partial charge in [-0.05, 0) is 23.7 Å². The van der Waals surface area contributed by atoms with E-state index in [-0.39, 0.29) is 10.6 Å². The number of hydrogen-bond acceptors (Lipinski definition) is 7. The van der Waals surface area contributed by atoms with Crippen molar-refractivity contribution in [2.24, 2.45) is 0 Å². The summed E-state index contributed by atoms with van der Waals surface area (Å²) in [6.07, 6.45) is 0. The van der Waals surface area contributed by atoms with Crippen LogP contribution in [0.5, 0.6) is 0 Å². The number of fused-ring (bicyclic) bond motifs is 1. The fourth-order valence-electron chi connectivity index (χ4n) is 3.56. The summed E-state index contributed by atoms with van der Waals surface area (Å²) in [6, 6.07) is 13.5. The standard InChI is InChI=1S/C21H25N5O2S/c1-2-24-9-11-25(12-10-24)15-17-5-3-16(4-6-17)14-22-21-23-19-8-7-18(26(27)28)13-20(19)29-21/h3-8,13H,2,9-12,14-15H2,1H3,(H,22,23). The van der Waals surface area contributed by atoms with Crippen LogP contribution in [0.1, 0.15) is 18.1 Å². The van der Waals surface area contributed by atoms with Crippen molar-refractivity contribution in [1.29, 1.82) is 0 Å². The van der Waals surface area contributed by atoms with Crippen LogP contribution in [0.3, 0.4) is 0 Å². The summed E-state index contributed by atoms with van der Waals surface area (Å²) in [6.45, 7) is 9.62. The third kappa shape index (κ3) is 4.90. The molecule has 2 heterocycles. The monoisotopic (exact) mass is 411 g/mol. The lowest BCUT2D eigenvalue weighted by Gasteiger charge is -2.34. The van der Waals surface area contributed by atoms with Gasteiger partial charge in [-0.3, -0.25) is 15.0 Å². The molecule has 0 atom stereocenters. The zero-order valence-corrected chi connectivity index (χ0v) is 17.3. The summed E-state index contributed by atoms with van der Waals surface area (Å²) in [7, 11) is 0. The summed E-state index contributed by atoms with van der Waals surface area (Å²) in [5.74, 6) is 0. The zero-order chi connectivity index (χ0) is 20.2. The third-order valence-electron chi connectivity index (χ3n) is 5.37. The second-order valence-electron chi connectivity index (χ2n) is 7.31. The van der Waals surface area contributed by atoms with E-state index in [1.54, 1.807) is 12.1 Å². The average molecular weight is 412 g/mol. The number of anilines is 1. The van der Waals surface area contributed by atoms with Gasteiger partial charge in [0.15, 0.2) is 5.13 Å². The first kappa shape index (κ1) is 19.8. The van der Waals surface area contributed by atoms with E-state index in [1.807, 2.05) is 0 Å². The molecule has 1 N–H and O–H groups in total. The minimum atomic E-state index is -0.377. The van der Waals surface area contributed by atoms with E-state index in [0.717, 1.165) is 54.6 Å². The Labute approximate surface area is 174 Å². The Morgan fingerprint density at radius 1 is 1.07 bits per heavy atom. The number of benzene rings is 2. The Bertz CT molecular complexity index is 980. The van der Waals surface area contributed by atoms with Crippen LogP contribution >= 0.6 is 11.3 Å². The van der Waals surface area contributed by atoms with Crippen molar-refractivity contribution in [1.82, 2.24) is 14.8 Å². The highest BCUT2D eigenvalue weighted by Gasteiger charge is 2.15. The van der Waals surface area contributed by atoms with E-state index < -0.39 is 0 Å². The Morgan fingerprint density at radius 2 is 1.76 bits per heavy atom. The van der Waals surface area contributed by atoms with Crippen LogP contribution in [0.15, 0.2) is 42.5 Å². The number of nitro groups is 1. The van der Waals surface area contributed by atoms with Crippen molar-refractivity contribution >= 4 is 32.4 Å². The van der Waals surface area contributed by atoms with Crippen molar-refractivity contribution in [2.45, 2.75) is 20.0 Å². The lowest BCUT2D eigenvalue weighted by Crippen LogP contribution is -2.45. The van der Waals surface area contributed by atoms with Gasteiger partial charge >= 0.3 is 0 Å². The molecule has 4 rings (SSSR count). The van der Waals surface area contributed by atoms with E-state index in [0.29, 0.717) is 6.54 Å². The average Bonchev–Trinajstić information content (AvgIpc) is 3.16. The number of piperazine rings is 1. The lowest BCUT2D eigenvalue weighted by atomic mass is 10.1.